The second kappa shape index (κ2) is 6.48. The molecule has 0 atom stereocenters. The molecule has 23 heavy (non-hydrogen) atoms. The van der Waals surface area contributed by atoms with Crippen LogP contribution in [0.2, 0.25) is 0 Å². The van der Waals surface area contributed by atoms with E-state index in [0.717, 1.165) is 22.1 Å². The molecule has 3 nitrogen and oxygen atoms in total. The Bertz CT molecular complexity index is 861. The van der Waals surface area contributed by atoms with Gasteiger partial charge in [-0.2, -0.15) is 0 Å². The molecule has 3 rings (SSSR count). The predicted octanol–water partition coefficient (Wildman–Crippen LogP) is 3.92. The van der Waals surface area contributed by atoms with Crippen molar-refractivity contribution in [2.75, 3.05) is 7.11 Å². The number of methoxy groups -OCH3 is 1. The smallest absolute Gasteiger partial charge is 0.254 e. The van der Waals surface area contributed by atoms with Crippen LogP contribution in [0.25, 0.3) is 10.8 Å². The van der Waals surface area contributed by atoms with E-state index >= 15 is 0 Å². The minimum atomic E-state index is -0.518. The van der Waals surface area contributed by atoms with E-state index in [1.807, 2.05) is 36.4 Å². The van der Waals surface area contributed by atoms with Crippen LogP contribution in [0.1, 0.15) is 15.9 Å². The summed E-state index contributed by atoms with van der Waals surface area (Å²) in [7, 11) is 1.63. The van der Waals surface area contributed by atoms with Crippen LogP contribution in [-0.2, 0) is 6.54 Å². The Labute approximate surface area is 133 Å². The van der Waals surface area contributed by atoms with Crippen LogP contribution in [0.15, 0.2) is 60.7 Å². The molecule has 3 aromatic carbocycles. The Morgan fingerprint density at radius 3 is 2.57 bits per heavy atom. The molecule has 3 aromatic rings. The van der Waals surface area contributed by atoms with Crippen molar-refractivity contribution >= 4 is 16.7 Å². The molecular formula is C19H16FNO2. The number of nitrogens with one attached hydrogen (secondary N) is 1. The van der Waals surface area contributed by atoms with Crippen molar-refractivity contribution in [1.82, 2.24) is 5.32 Å². The molecule has 0 aromatic heterocycles. The number of halogens is 1. The minimum Gasteiger partial charge on any atom is -0.497 e. The van der Waals surface area contributed by atoms with Crippen molar-refractivity contribution in [3.63, 3.8) is 0 Å². The highest BCUT2D eigenvalue weighted by Gasteiger charge is 2.10. The molecule has 0 aliphatic carbocycles. The molecule has 0 spiro atoms. The summed E-state index contributed by atoms with van der Waals surface area (Å²) in [6.07, 6.45) is 0. The molecule has 0 fully saturated rings. The van der Waals surface area contributed by atoms with Crippen LogP contribution < -0.4 is 10.1 Å². The van der Waals surface area contributed by atoms with Crippen LogP contribution in [0.5, 0.6) is 5.75 Å². The molecular weight excluding hydrogens is 293 g/mol. The minimum absolute atomic E-state index is 0.0537. The molecule has 0 aliphatic heterocycles. The molecule has 0 bridgehead atoms. The zero-order chi connectivity index (χ0) is 16.2. The Balaban J connectivity index is 1.74. The first-order valence-corrected chi connectivity index (χ1v) is 7.27. The maximum absolute atomic E-state index is 13.6. The first kappa shape index (κ1) is 15.0. The summed E-state index contributed by atoms with van der Waals surface area (Å²) in [5.74, 6) is -0.133. The summed E-state index contributed by atoms with van der Waals surface area (Å²) in [5, 5.41) is 4.86. The molecule has 0 aliphatic rings. The molecule has 0 saturated carbocycles. The highest BCUT2D eigenvalue weighted by atomic mass is 19.1. The van der Waals surface area contributed by atoms with Gasteiger partial charge in [-0.1, -0.05) is 30.3 Å². The number of ether oxygens (including phenoxy) is 1. The lowest BCUT2D eigenvalue weighted by Gasteiger charge is -2.08. The number of hydrogen-bond donors (Lipinski definition) is 1. The largest absolute Gasteiger partial charge is 0.497 e. The number of fused-ring (bicyclic) bond motifs is 1. The van der Waals surface area contributed by atoms with Gasteiger partial charge < -0.3 is 10.1 Å². The van der Waals surface area contributed by atoms with Crippen molar-refractivity contribution in [2.45, 2.75) is 6.54 Å². The fraction of sp³-hybridized carbons (Fsp3) is 0.105. The summed E-state index contributed by atoms with van der Waals surface area (Å²) in [6, 6.07) is 17.7. The van der Waals surface area contributed by atoms with Crippen molar-refractivity contribution in [3.05, 3.63) is 77.6 Å². The normalized spacial score (nSPS) is 10.5. The molecule has 116 valence electrons. The number of carbonyl (C=O) groups excluding carboxylic acids is 1. The van der Waals surface area contributed by atoms with E-state index in [9.17, 15) is 9.18 Å². The van der Waals surface area contributed by atoms with Gasteiger partial charge in [0.1, 0.15) is 11.6 Å². The van der Waals surface area contributed by atoms with Crippen LogP contribution in [0, 0.1) is 5.82 Å². The summed E-state index contributed by atoms with van der Waals surface area (Å²) in [4.78, 5) is 12.0. The summed E-state index contributed by atoms with van der Waals surface area (Å²) >= 11 is 0. The van der Waals surface area contributed by atoms with Crippen LogP contribution in [0.3, 0.4) is 0 Å². The van der Waals surface area contributed by atoms with Gasteiger partial charge >= 0.3 is 0 Å². The second-order valence-electron chi connectivity index (χ2n) is 5.21. The van der Waals surface area contributed by atoms with Gasteiger partial charge in [-0.25, -0.2) is 4.39 Å². The lowest BCUT2D eigenvalue weighted by Crippen LogP contribution is -2.23. The molecule has 1 amide bonds. The lowest BCUT2D eigenvalue weighted by molar-refractivity contribution is 0.0947. The second-order valence-corrected chi connectivity index (χ2v) is 5.21. The first-order valence-electron chi connectivity index (χ1n) is 7.27. The number of rotatable bonds is 4. The SMILES string of the molecule is COc1ccc2cc(CNC(=O)c3ccccc3F)ccc2c1. The Morgan fingerprint density at radius 1 is 1.04 bits per heavy atom. The number of amides is 1. The van der Waals surface area contributed by atoms with Crippen LogP contribution in [-0.4, -0.2) is 13.0 Å². The van der Waals surface area contributed by atoms with E-state index < -0.39 is 11.7 Å². The molecule has 0 unspecified atom stereocenters. The maximum atomic E-state index is 13.6. The monoisotopic (exact) mass is 309 g/mol. The summed E-state index contributed by atoms with van der Waals surface area (Å²) < 4.78 is 18.8. The van der Waals surface area contributed by atoms with Crippen molar-refractivity contribution in [1.29, 1.82) is 0 Å². The van der Waals surface area contributed by atoms with E-state index in [1.54, 1.807) is 19.2 Å². The highest BCUT2D eigenvalue weighted by Crippen LogP contribution is 2.21. The van der Waals surface area contributed by atoms with Crippen molar-refractivity contribution < 1.29 is 13.9 Å². The van der Waals surface area contributed by atoms with Gasteiger partial charge in [0.25, 0.3) is 5.91 Å². The standard InChI is InChI=1S/C19H16FNO2/c1-23-16-9-8-14-10-13(6-7-15(14)11-16)12-21-19(22)17-4-2-3-5-18(17)20/h2-11H,12H2,1H3,(H,21,22). The van der Waals surface area contributed by atoms with E-state index in [1.165, 1.54) is 12.1 Å². The molecule has 0 saturated heterocycles. The van der Waals surface area contributed by atoms with Crippen molar-refractivity contribution in [3.8, 4) is 5.75 Å². The van der Waals surface area contributed by atoms with E-state index in [4.69, 9.17) is 4.74 Å². The Morgan fingerprint density at radius 2 is 1.78 bits per heavy atom. The molecule has 0 radical (unpaired) electrons. The fourth-order valence-electron chi connectivity index (χ4n) is 2.43. The third kappa shape index (κ3) is 3.31. The van der Waals surface area contributed by atoms with Gasteiger partial charge in [0.2, 0.25) is 0 Å². The number of benzene rings is 3. The average molecular weight is 309 g/mol. The molecule has 4 heteroatoms. The van der Waals surface area contributed by atoms with E-state index in [2.05, 4.69) is 5.32 Å². The fourth-order valence-corrected chi connectivity index (χ4v) is 2.43. The van der Waals surface area contributed by atoms with Gasteiger partial charge in [0.15, 0.2) is 0 Å². The number of hydrogen-bond acceptors (Lipinski definition) is 2. The van der Waals surface area contributed by atoms with Gasteiger partial charge in [0, 0.05) is 6.54 Å². The first-order chi connectivity index (χ1) is 11.2. The van der Waals surface area contributed by atoms with Gasteiger partial charge in [0.05, 0.1) is 12.7 Å². The maximum Gasteiger partial charge on any atom is 0.254 e. The zero-order valence-corrected chi connectivity index (χ0v) is 12.7. The third-order valence-electron chi connectivity index (χ3n) is 3.68. The van der Waals surface area contributed by atoms with E-state index in [-0.39, 0.29) is 5.56 Å². The van der Waals surface area contributed by atoms with Crippen molar-refractivity contribution in [2.24, 2.45) is 0 Å². The van der Waals surface area contributed by atoms with Crippen LogP contribution >= 0.6 is 0 Å². The highest BCUT2D eigenvalue weighted by molar-refractivity contribution is 5.94. The Kier molecular flexibility index (Phi) is 4.24. The average Bonchev–Trinajstić information content (AvgIpc) is 2.59. The van der Waals surface area contributed by atoms with Crippen LogP contribution in [0.4, 0.5) is 4.39 Å². The molecule has 0 heterocycles. The Hall–Kier alpha value is -2.88. The summed E-state index contributed by atoms with van der Waals surface area (Å²) in [6.45, 7) is 0.342. The van der Waals surface area contributed by atoms with Gasteiger partial charge in [-0.15, -0.1) is 0 Å². The van der Waals surface area contributed by atoms with Gasteiger partial charge in [-0.3, -0.25) is 4.79 Å². The lowest BCUT2D eigenvalue weighted by atomic mass is 10.1. The van der Waals surface area contributed by atoms with Gasteiger partial charge in [-0.05, 0) is 46.7 Å². The zero-order valence-electron chi connectivity index (χ0n) is 12.7. The molecule has 1 N–H and O–H groups in total. The summed E-state index contributed by atoms with van der Waals surface area (Å²) in [5.41, 5.74) is 1.00. The van der Waals surface area contributed by atoms with E-state index in [0.29, 0.717) is 6.54 Å². The topological polar surface area (TPSA) is 38.3 Å². The predicted molar refractivity (Wildman–Crippen MR) is 88.1 cm³/mol. The quantitative estimate of drug-likeness (QED) is 0.793. The third-order valence-corrected chi connectivity index (χ3v) is 3.68. The number of carbonyl (C=O) groups is 1.